The predicted octanol–water partition coefficient (Wildman–Crippen LogP) is 1.93. The van der Waals surface area contributed by atoms with Gasteiger partial charge in [-0.1, -0.05) is 13.8 Å². The fourth-order valence-electron chi connectivity index (χ4n) is 3.16. The second-order valence-corrected chi connectivity index (χ2v) is 6.52. The van der Waals surface area contributed by atoms with Gasteiger partial charge in [-0.25, -0.2) is 9.67 Å². The van der Waals surface area contributed by atoms with Gasteiger partial charge >= 0.3 is 5.97 Å². The maximum Gasteiger partial charge on any atom is 0.321 e. The summed E-state index contributed by atoms with van der Waals surface area (Å²) in [5.74, 6) is 0.0919. The van der Waals surface area contributed by atoms with E-state index in [4.69, 9.17) is 0 Å². The molecular weight excluding hydrogens is 256 g/mol. The molecule has 0 amide bonds. The minimum absolute atomic E-state index is 0.216. The Morgan fingerprint density at radius 2 is 2.25 bits per heavy atom. The molecule has 1 aromatic heterocycles. The van der Waals surface area contributed by atoms with Gasteiger partial charge < -0.3 is 5.11 Å². The monoisotopic (exact) mass is 280 g/mol. The van der Waals surface area contributed by atoms with Gasteiger partial charge in [0.05, 0.1) is 6.54 Å². The van der Waals surface area contributed by atoms with Gasteiger partial charge in [-0.15, -0.1) is 0 Å². The van der Waals surface area contributed by atoms with Crippen LogP contribution in [-0.2, 0) is 11.3 Å². The van der Waals surface area contributed by atoms with Gasteiger partial charge in [0.2, 0.25) is 0 Å². The van der Waals surface area contributed by atoms with Crippen molar-refractivity contribution in [3.05, 3.63) is 12.2 Å². The number of hydrogen-bond acceptors (Lipinski definition) is 4. The molecule has 0 spiro atoms. The number of carboxylic acids is 1. The van der Waals surface area contributed by atoms with E-state index in [1.54, 1.807) is 6.33 Å². The molecule has 112 valence electrons. The third-order valence-corrected chi connectivity index (χ3v) is 4.09. The first-order valence-corrected chi connectivity index (χ1v) is 7.18. The van der Waals surface area contributed by atoms with Gasteiger partial charge in [0.15, 0.2) is 0 Å². The normalized spacial score (nSPS) is 23.1. The largest absolute Gasteiger partial charge is 0.480 e. The maximum absolute atomic E-state index is 11.6. The summed E-state index contributed by atoms with van der Waals surface area (Å²) in [6.45, 7) is 9.50. The molecule has 1 unspecified atom stereocenters. The summed E-state index contributed by atoms with van der Waals surface area (Å²) in [6.07, 6.45) is 3.50. The van der Waals surface area contributed by atoms with Crippen LogP contribution in [0.15, 0.2) is 6.33 Å². The van der Waals surface area contributed by atoms with Crippen LogP contribution in [-0.4, -0.2) is 43.3 Å². The highest BCUT2D eigenvalue weighted by atomic mass is 16.4. The number of carboxylic acid groups (broad SMARTS) is 1. The van der Waals surface area contributed by atoms with Gasteiger partial charge in [-0.2, -0.15) is 5.10 Å². The van der Waals surface area contributed by atoms with Crippen molar-refractivity contribution in [3.8, 4) is 0 Å². The van der Waals surface area contributed by atoms with E-state index >= 15 is 0 Å². The predicted molar refractivity (Wildman–Crippen MR) is 75.3 cm³/mol. The lowest BCUT2D eigenvalue weighted by molar-refractivity contribution is -0.151. The standard InChI is InChI=1S/C14H24N4O2/c1-10(2)18-11(15-9-16-18)8-17-7-5-6-14(3,4)12(17)13(19)20/h9-10,12H,5-8H2,1-4H3,(H,19,20). The average Bonchev–Trinajstić information content (AvgIpc) is 2.75. The van der Waals surface area contributed by atoms with Crippen LogP contribution in [0.5, 0.6) is 0 Å². The first-order chi connectivity index (χ1) is 9.33. The van der Waals surface area contributed by atoms with Crippen LogP contribution in [0, 0.1) is 5.41 Å². The van der Waals surface area contributed by atoms with Crippen LogP contribution in [0.1, 0.15) is 52.4 Å². The molecule has 1 aliphatic heterocycles. The topological polar surface area (TPSA) is 71.2 Å². The minimum Gasteiger partial charge on any atom is -0.480 e. The lowest BCUT2D eigenvalue weighted by atomic mass is 9.76. The zero-order chi connectivity index (χ0) is 14.9. The van der Waals surface area contributed by atoms with Gasteiger partial charge in [-0.3, -0.25) is 9.69 Å². The molecule has 1 N–H and O–H groups in total. The van der Waals surface area contributed by atoms with Crippen molar-refractivity contribution in [3.63, 3.8) is 0 Å². The van der Waals surface area contributed by atoms with E-state index in [1.165, 1.54) is 0 Å². The zero-order valence-corrected chi connectivity index (χ0v) is 12.7. The van der Waals surface area contributed by atoms with Crippen LogP contribution in [0.4, 0.5) is 0 Å². The quantitative estimate of drug-likeness (QED) is 0.912. The Morgan fingerprint density at radius 3 is 2.85 bits per heavy atom. The lowest BCUT2D eigenvalue weighted by Gasteiger charge is -2.43. The fourth-order valence-corrected chi connectivity index (χ4v) is 3.16. The summed E-state index contributed by atoms with van der Waals surface area (Å²) in [5.41, 5.74) is -0.216. The number of likely N-dealkylation sites (tertiary alicyclic amines) is 1. The molecular formula is C14H24N4O2. The van der Waals surface area contributed by atoms with Crippen LogP contribution >= 0.6 is 0 Å². The van der Waals surface area contributed by atoms with E-state index in [2.05, 4.69) is 10.1 Å². The molecule has 0 radical (unpaired) electrons. The molecule has 6 heteroatoms. The molecule has 0 saturated carbocycles. The number of hydrogen-bond donors (Lipinski definition) is 1. The molecule has 6 nitrogen and oxygen atoms in total. The van der Waals surface area contributed by atoms with E-state index in [9.17, 15) is 9.90 Å². The van der Waals surface area contributed by atoms with Crippen molar-refractivity contribution in [1.29, 1.82) is 0 Å². The third-order valence-electron chi connectivity index (χ3n) is 4.09. The Kier molecular flexibility index (Phi) is 4.13. The molecule has 2 rings (SSSR count). The number of piperidine rings is 1. The molecule has 1 aliphatic rings. The summed E-state index contributed by atoms with van der Waals surface area (Å²) in [5, 5.41) is 13.8. The van der Waals surface area contributed by atoms with E-state index in [1.807, 2.05) is 37.3 Å². The van der Waals surface area contributed by atoms with Crippen molar-refractivity contribution in [1.82, 2.24) is 19.7 Å². The Hall–Kier alpha value is -1.43. The highest BCUT2D eigenvalue weighted by Gasteiger charge is 2.42. The van der Waals surface area contributed by atoms with Crippen molar-refractivity contribution in [2.75, 3.05) is 6.54 Å². The number of rotatable bonds is 4. The first kappa shape index (κ1) is 15.0. The van der Waals surface area contributed by atoms with Crippen molar-refractivity contribution in [2.45, 2.75) is 59.2 Å². The van der Waals surface area contributed by atoms with E-state index in [-0.39, 0.29) is 11.5 Å². The Labute approximate surface area is 119 Å². The van der Waals surface area contributed by atoms with Gasteiger partial charge in [0, 0.05) is 6.04 Å². The van der Waals surface area contributed by atoms with Crippen molar-refractivity contribution < 1.29 is 9.90 Å². The molecule has 0 aromatic carbocycles. The highest BCUT2D eigenvalue weighted by Crippen LogP contribution is 2.35. The molecule has 0 bridgehead atoms. The third kappa shape index (κ3) is 2.85. The highest BCUT2D eigenvalue weighted by molar-refractivity contribution is 5.74. The molecule has 20 heavy (non-hydrogen) atoms. The fraction of sp³-hybridized carbons (Fsp3) is 0.786. The summed E-state index contributed by atoms with van der Waals surface area (Å²) in [7, 11) is 0. The molecule has 1 aromatic rings. The Morgan fingerprint density at radius 1 is 1.55 bits per heavy atom. The van der Waals surface area contributed by atoms with Crippen LogP contribution < -0.4 is 0 Å². The molecule has 1 saturated heterocycles. The minimum atomic E-state index is -0.745. The summed E-state index contributed by atoms with van der Waals surface area (Å²) in [4.78, 5) is 18.0. The van der Waals surface area contributed by atoms with Crippen molar-refractivity contribution in [2.24, 2.45) is 5.41 Å². The van der Waals surface area contributed by atoms with Crippen LogP contribution in [0.2, 0.25) is 0 Å². The molecule has 1 atom stereocenters. The zero-order valence-electron chi connectivity index (χ0n) is 12.7. The first-order valence-electron chi connectivity index (χ1n) is 7.18. The lowest BCUT2D eigenvalue weighted by Crippen LogP contribution is -2.53. The maximum atomic E-state index is 11.6. The van der Waals surface area contributed by atoms with E-state index in [0.717, 1.165) is 25.2 Å². The summed E-state index contributed by atoms with van der Waals surface area (Å²) >= 11 is 0. The van der Waals surface area contributed by atoms with Crippen LogP contribution in [0.25, 0.3) is 0 Å². The molecule has 0 aliphatic carbocycles. The molecule has 1 fully saturated rings. The Bertz CT molecular complexity index is 481. The molecule has 2 heterocycles. The second-order valence-electron chi connectivity index (χ2n) is 6.52. The summed E-state index contributed by atoms with van der Waals surface area (Å²) in [6, 6.07) is -0.234. The number of carbonyl (C=O) groups is 1. The SMILES string of the molecule is CC(C)n1ncnc1CN1CCCC(C)(C)C1C(=O)O. The number of nitrogens with zero attached hydrogens (tertiary/aromatic N) is 4. The Balaban J connectivity index is 2.22. The number of aromatic nitrogens is 3. The summed E-state index contributed by atoms with van der Waals surface area (Å²) < 4.78 is 1.86. The average molecular weight is 280 g/mol. The second kappa shape index (κ2) is 5.52. The van der Waals surface area contributed by atoms with E-state index in [0.29, 0.717) is 6.54 Å². The van der Waals surface area contributed by atoms with Gasteiger partial charge in [0.1, 0.15) is 18.2 Å². The smallest absolute Gasteiger partial charge is 0.321 e. The van der Waals surface area contributed by atoms with Crippen LogP contribution in [0.3, 0.4) is 0 Å². The van der Waals surface area contributed by atoms with E-state index < -0.39 is 12.0 Å². The van der Waals surface area contributed by atoms with Gasteiger partial charge in [-0.05, 0) is 38.6 Å². The van der Waals surface area contributed by atoms with Gasteiger partial charge in [0.25, 0.3) is 0 Å². The van der Waals surface area contributed by atoms with Crippen molar-refractivity contribution >= 4 is 5.97 Å². The number of aliphatic carboxylic acids is 1.